The molecule has 0 aromatic heterocycles. The largest absolute Gasteiger partial charge is 0.409 e. The highest BCUT2D eigenvalue weighted by molar-refractivity contribution is 5.90. The Labute approximate surface area is 118 Å². The SMILES string of the molecule is CCCOCCC(=O)NC(C(N)=NO)c1ccccc1. The third-order valence-electron chi connectivity index (χ3n) is 2.67. The van der Waals surface area contributed by atoms with Crippen molar-refractivity contribution in [3.8, 4) is 0 Å². The van der Waals surface area contributed by atoms with Gasteiger partial charge in [-0.15, -0.1) is 0 Å². The molecule has 6 nitrogen and oxygen atoms in total. The van der Waals surface area contributed by atoms with Crippen molar-refractivity contribution in [3.05, 3.63) is 35.9 Å². The average molecular weight is 279 g/mol. The number of hydrogen-bond donors (Lipinski definition) is 3. The minimum Gasteiger partial charge on any atom is -0.409 e. The van der Waals surface area contributed by atoms with Gasteiger partial charge in [-0.05, 0) is 12.0 Å². The highest BCUT2D eigenvalue weighted by atomic mass is 16.5. The Morgan fingerprint density at radius 3 is 2.70 bits per heavy atom. The molecule has 0 aliphatic rings. The molecule has 0 saturated heterocycles. The Morgan fingerprint density at radius 2 is 2.10 bits per heavy atom. The average Bonchev–Trinajstić information content (AvgIpc) is 2.49. The van der Waals surface area contributed by atoms with Crippen molar-refractivity contribution < 1.29 is 14.7 Å². The van der Waals surface area contributed by atoms with Crippen LogP contribution in [0.1, 0.15) is 31.4 Å². The summed E-state index contributed by atoms with van der Waals surface area (Å²) in [5, 5.41) is 14.5. The molecule has 0 radical (unpaired) electrons. The number of nitrogens with zero attached hydrogens (tertiary/aromatic N) is 1. The van der Waals surface area contributed by atoms with E-state index in [0.717, 1.165) is 12.0 Å². The van der Waals surface area contributed by atoms with E-state index >= 15 is 0 Å². The third kappa shape index (κ3) is 5.27. The highest BCUT2D eigenvalue weighted by Gasteiger charge is 2.18. The van der Waals surface area contributed by atoms with Gasteiger partial charge in [0, 0.05) is 13.0 Å². The number of amides is 1. The Kier molecular flexibility index (Phi) is 7.13. The number of carbonyl (C=O) groups excluding carboxylic acids is 1. The maximum Gasteiger partial charge on any atom is 0.223 e. The van der Waals surface area contributed by atoms with E-state index in [2.05, 4.69) is 10.5 Å². The van der Waals surface area contributed by atoms with Gasteiger partial charge in [0.2, 0.25) is 5.91 Å². The van der Waals surface area contributed by atoms with Crippen molar-refractivity contribution in [3.63, 3.8) is 0 Å². The first-order chi connectivity index (χ1) is 9.69. The molecule has 0 aliphatic heterocycles. The summed E-state index contributed by atoms with van der Waals surface area (Å²) in [5.74, 6) is -0.263. The fraction of sp³-hybridized carbons (Fsp3) is 0.429. The molecule has 0 spiro atoms. The Hall–Kier alpha value is -2.08. The molecule has 110 valence electrons. The first kappa shape index (κ1) is 16.0. The Balaban J connectivity index is 2.60. The van der Waals surface area contributed by atoms with Crippen LogP contribution in [0.5, 0.6) is 0 Å². The number of nitrogens with two attached hydrogens (primary N) is 1. The third-order valence-corrected chi connectivity index (χ3v) is 2.67. The normalized spacial score (nSPS) is 12.9. The quantitative estimate of drug-likeness (QED) is 0.220. The van der Waals surface area contributed by atoms with E-state index in [0.29, 0.717) is 13.2 Å². The molecule has 0 saturated carbocycles. The van der Waals surface area contributed by atoms with Crippen molar-refractivity contribution in [2.24, 2.45) is 10.9 Å². The molecule has 1 aromatic carbocycles. The van der Waals surface area contributed by atoms with Crippen molar-refractivity contribution in [1.29, 1.82) is 0 Å². The monoisotopic (exact) mass is 279 g/mol. The maximum absolute atomic E-state index is 11.8. The summed E-state index contributed by atoms with van der Waals surface area (Å²) in [6.45, 7) is 3.00. The predicted octanol–water partition coefficient (Wildman–Crippen LogP) is 1.41. The van der Waals surface area contributed by atoms with E-state index in [4.69, 9.17) is 15.7 Å². The first-order valence-corrected chi connectivity index (χ1v) is 6.58. The van der Waals surface area contributed by atoms with Crippen LogP contribution in [0, 0.1) is 0 Å². The van der Waals surface area contributed by atoms with E-state index in [1.807, 2.05) is 25.1 Å². The van der Waals surface area contributed by atoms with Gasteiger partial charge in [0.25, 0.3) is 0 Å². The number of ether oxygens (including phenoxy) is 1. The fourth-order valence-corrected chi connectivity index (χ4v) is 1.68. The van der Waals surface area contributed by atoms with Gasteiger partial charge in [0.15, 0.2) is 5.84 Å². The van der Waals surface area contributed by atoms with Gasteiger partial charge in [0.05, 0.1) is 6.61 Å². The van der Waals surface area contributed by atoms with Gasteiger partial charge in [-0.1, -0.05) is 42.4 Å². The molecule has 1 aromatic rings. The number of benzene rings is 1. The number of rotatable bonds is 8. The van der Waals surface area contributed by atoms with Crippen LogP contribution >= 0.6 is 0 Å². The van der Waals surface area contributed by atoms with Crippen LogP contribution in [-0.4, -0.2) is 30.2 Å². The van der Waals surface area contributed by atoms with Crippen LogP contribution in [-0.2, 0) is 9.53 Å². The van der Waals surface area contributed by atoms with E-state index in [-0.39, 0.29) is 18.2 Å². The summed E-state index contributed by atoms with van der Waals surface area (Å²) in [7, 11) is 0. The first-order valence-electron chi connectivity index (χ1n) is 6.58. The fourth-order valence-electron chi connectivity index (χ4n) is 1.68. The molecule has 1 amide bonds. The molecule has 1 rings (SSSR count). The topological polar surface area (TPSA) is 96.9 Å². The minimum absolute atomic E-state index is 0.0565. The Morgan fingerprint density at radius 1 is 1.40 bits per heavy atom. The number of nitrogens with one attached hydrogen (secondary N) is 1. The second kappa shape index (κ2) is 8.92. The molecule has 1 unspecified atom stereocenters. The zero-order chi connectivity index (χ0) is 14.8. The lowest BCUT2D eigenvalue weighted by atomic mass is 10.1. The van der Waals surface area contributed by atoms with Crippen molar-refractivity contribution >= 4 is 11.7 Å². The van der Waals surface area contributed by atoms with E-state index in [1.54, 1.807) is 12.1 Å². The number of carbonyl (C=O) groups is 1. The van der Waals surface area contributed by atoms with Crippen LogP contribution < -0.4 is 11.1 Å². The van der Waals surface area contributed by atoms with Gasteiger partial charge in [-0.3, -0.25) is 4.79 Å². The lowest BCUT2D eigenvalue weighted by molar-refractivity contribution is -0.122. The number of amidine groups is 1. The molecule has 20 heavy (non-hydrogen) atoms. The summed E-state index contributed by atoms with van der Waals surface area (Å²) >= 11 is 0. The van der Waals surface area contributed by atoms with Gasteiger partial charge in [-0.2, -0.15) is 0 Å². The van der Waals surface area contributed by atoms with Gasteiger partial charge in [0.1, 0.15) is 6.04 Å². The Bertz CT molecular complexity index is 435. The zero-order valence-electron chi connectivity index (χ0n) is 11.6. The van der Waals surface area contributed by atoms with Gasteiger partial charge >= 0.3 is 0 Å². The summed E-state index contributed by atoms with van der Waals surface area (Å²) < 4.78 is 5.26. The van der Waals surface area contributed by atoms with E-state index in [9.17, 15) is 4.79 Å². The zero-order valence-corrected chi connectivity index (χ0v) is 11.6. The summed E-state index contributed by atoms with van der Waals surface area (Å²) in [6, 6.07) is 8.47. The lowest BCUT2D eigenvalue weighted by Gasteiger charge is -2.17. The van der Waals surface area contributed by atoms with Crippen LogP contribution in [0.3, 0.4) is 0 Å². The number of oxime groups is 1. The van der Waals surface area contributed by atoms with Crippen molar-refractivity contribution in [1.82, 2.24) is 5.32 Å². The molecular formula is C14H21N3O3. The van der Waals surface area contributed by atoms with Crippen LogP contribution in [0.15, 0.2) is 35.5 Å². The van der Waals surface area contributed by atoms with Crippen molar-refractivity contribution in [2.45, 2.75) is 25.8 Å². The lowest BCUT2D eigenvalue weighted by Crippen LogP contribution is -2.38. The maximum atomic E-state index is 11.8. The van der Waals surface area contributed by atoms with Crippen LogP contribution in [0.2, 0.25) is 0 Å². The number of hydrogen-bond acceptors (Lipinski definition) is 4. The molecule has 6 heteroatoms. The molecule has 4 N–H and O–H groups in total. The highest BCUT2D eigenvalue weighted by Crippen LogP contribution is 2.12. The van der Waals surface area contributed by atoms with E-state index < -0.39 is 6.04 Å². The second-order valence-corrected chi connectivity index (χ2v) is 4.30. The minimum atomic E-state index is -0.639. The van der Waals surface area contributed by atoms with Gasteiger partial charge in [-0.25, -0.2) is 0 Å². The summed E-state index contributed by atoms with van der Waals surface area (Å²) in [5.41, 5.74) is 6.38. The molecule has 1 atom stereocenters. The molecule has 0 aliphatic carbocycles. The second-order valence-electron chi connectivity index (χ2n) is 4.30. The molecule has 0 heterocycles. The summed E-state index contributed by atoms with van der Waals surface area (Å²) in [6.07, 6.45) is 1.15. The molecule has 0 fully saturated rings. The van der Waals surface area contributed by atoms with Crippen LogP contribution in [0.4, 0.5) is 0 Å². The summed E-state index contributed by atoms with van der Waals surface area (Å²) in [4.78, 5) is 11.8. The predicted molar refractivity (Wildman–Crippen MR) is 76.5 cm³/mol. The van der Waals surface area contributed by atoms with Crippen LogP contribution in [0.25, 0.3) is 0 Å². The van der Waals surface area contributed by atoms with E-state index in [1.165, 1.54) is 0 Å². The van der Waals surface area contributed by atoms with Gasteiger partial charge < -0.3 is 21.0 Å². The standard InChI is InChI=1S/C14H21N3O3/c1-2-9-20-10-8-12(18)16-13(14(15)17-19)11-6-4-3-5-7-11/h3-7,13,19H,2,8-10H2,1H3,(H2,15,17)(H,16,18). The molecular weight excluding hydrogens is 258 g/mol. The molecule has 0 bridgehead atoms. The van der Waals surface area contributed by atoms with Crippen molar-refractivity contribution in [2.75, 3.05) is 13.2 Å². The smallest absolute Gasteiger partial charge is 0.223 e.